The molecule has 26 heavy (non-hydrogen) atoms. The second kappa shape index (κ2) is 6.14. The van der Waals surface area contributed by atoms with Crippen molar-refractivity contribution >= 4 is 5.91 Å². The lowest BCUT2D eigenvalue weighted by Gasteiger charge is -2.44. The highest BCUT2D eigenvalue weighted by atomic mass is 16.5. The lowest BCUT2D eigenvalue weighted by Crippen LogP contribution is -2.52. The van der Waals surface area contributed by atoms with Crippen molar-refractivity contribution in [1.29, 1.82) is 0 Å². The Balaban J connectivity index is 1.38. The molecule has 0 bridgehead atoms. The third-order valence-electron chi connectivity index (χ3n) is 5.35. The normalized spacial score (nSPS) is 19.8. The predicted octanol–water partition coefficient (Wildman–Crippen LogP) is 2.99. The van der Waals surface area contributed by atoms with E-state index in [1.165, 1.54) is 11.1 Å². The first-order valence-electron chi connectivity index (χ1n) is 8.91. The Kier molecular flexibility index (Phi) is 3.64. The van der Waals surface area contributed by atoms with Crippen molar-refractivity contribution in [2.45, 2.75) is 12.5 Å². The van der Waals surface area contributed by atoms with Crippen LogP contribution in [0.3, 0.4) is 0 Å². The fraction of sp³-hybridized carbons (Fsp3) is 0.300. The number of carbonyl (C=O) groups is 1. The van der Waals surface area contributed by atoms with Crippen molar-refractivity contribution in [3.8, 4) is 11.5 Å². The molecule has 1 unspecified atom stereocenters. The summed E-state index contributed by atoms with van der Waals surface area (Å²) in [5.41, 5.74) is 3.06. The van der Waals surface area contributed by atoms with Crippen LogP contribution in [0.2, 0.25) is 0 Å². The van der Waals surface area contributed by atoms with Gasteiger partial charge in [0.15, 0.2) is 11.5 Å². The molecule has 2 aliphatic rings. The molecule has 0 N–H and O–H groups in total. The Morgan fingerprint density at radius 1 is 1.08 bits per heavy atom. The first-order chi connectivity index (χ1) is 12.8. The quantitative estimate of drug-likeness (QED) is 0.712. The molecule has 0 aliphatic carbocycles. The number of rotatable bonds is 2. The fourth-order valence-electron chi connectivity index (χ4n) is 3.99. The average molecular weight is 349 g/mol. The van der Waals surface area contributed by atoms with E-state index in [4.69, 9.17) is 8.94 Å². The maximum Gasteiger partial charge on any atom is 0.276 e. The van der Waals surface area contributed by atoms with Crippen LogP contribution >= 0.6 is 0 Å². The number of hydrogen-bond donors (Lipinski definition) is 0. The van der Waals surface area contributed by atoms with Gasteiger partial charge in [0.05, 0.1) is 12.3 Å². The highest BCUT2D eigenvalue weighted by Gasteiger charge is 2.35. The van der Waals surface area contributed by atoms with E-state index in [2.05, 4.69) is 34.3 Å². The summed E-state index contributed by atoms with van der Waals surface area (Å²) in [6.07, 6.45) is 2.65. The van der Waals surface area contributed by atoms with E-state index < -0.39 is 0 Å². The van der Waals surface area contributed by atoms with Crippen molar-refractivity contribution < 1.29 is 13.7 Å². The predicted molar refractivity (Wildman–Crippen MR) is 94.6 cm³/mol. The molecule has 1 fully saturated rings. The maximum atomic E-state index is 12.9. The summed E-state index contributed by atoms with van der Waals surface area (Å²) in [5, 5.41) is 3.96. The second-order valence-corrected chi connectivity index (χ2v) is 6.81. The zero-order valence-electron chi connectivity index (χ0n) is 14.3. The number of nitrogens with zero attached hydrogens (tertiary/aromatic N) is 3. The molecular formula is C20H19N3O3. The lowest BCUT2D eigenvalue weighted by molar-refractivity contribution is 0.0445. The van der Waals surface area contributed by atoms with Gasteiger partial charge in [-0.3, -0.25) is 9.69 Å². The molecule has 1 aromatic carbocycles. The second-order valence-electron chi connectivity index (χ2n) is 6.81. The first-order valence-corrected chi connectivity index (χ1v) is 8.91. The Morgan fingerprint density at radius 3 is 2.88 bits per heavy atom. The Bertz CT molecular complexity index is 931. The summed E-state index contributed by atoms with van der Waals surface area (Å²) in [6, 6.07) is 14.0. The molecule has 6 heteroatoms. The highest BCUT2D eigenvalue weighted by Crippen LogP contribution is 2.33. The standard InChI is InChI=1S/C20H19N3O3/c24-20(16-12-19(26-21-16)18-6-3-11-25-18)23-10-9-22-8-7-14-4-1-2-5-15(14)17(22)13-23/h1-6,11-12,17H,7-10,13H2. The van der Waals surface area contributed by atoms with E-state index in [0.29, 0.717) is 30.3 Å². The van der Waals surface area contributed by atoms with Crippen LogP contribution in [0.15, 0.2) is 57.7 Å². The van der Waals surface area contributed by atoms with Gasteiger partial charge < -0.3 is 13.8 Å². The largest absolute Gasteiger partial charge is 0.461 e. The first kappa shape index (κ1) is 15.4. The minimum Gasteiger partial charge on any atom is -0.461 e. The number of piperazine rings is 1. The number of carbonyl (C=O) groups excluding carboxylic acids is 1. The number of benzene rings is 1. The third-order valence-corrected chi connectivity index (χ3v) is 5.35. The number of hydrogen-bond acceptors (Lipinski definition) is 5. The Morgan fingerprint density at radius 2 is 2.00 bits per heavy atom. The summed E-state index contributed by atoms with van der Waals surface area (Å²) < 4.78 is 10.6. The number of furan rings is 1. The van der Waals surface area contributed by atoms with Gasteiger partial charge in [-0.05, 0) is 29.7 Å². The minimum absolute atomic E-state index is 0.0886. The number of aromatic nitrogens is 1. The van der Waals surface area contributed by atoms with Crippen LogP contribution in [0.1, 0.15) is 27.7 Å². The van der Waals surface area contributed by atoms with E-state index in [9.17, 15) is 4.79 Å². The maximum absolute atomic E-state index is 12.9. The molecule has 5 rings (SSSR count). The van der Waals surface area contributed by atoms with Gasteiger partial charge in [0, 0.05) is 32.2 Å². The lowest BCUT2D eigenvalue weighted by atomic mass is 9.91. The fourth-order valence-corrected chi connectivity index (χ4v) is 3.99. The zero-order valence-corrected chi connectivity index (χ0v) is 14.3. The molecule has 4 heterocycles. The van der Waals surface area contributed by atoms with Crippen molar-refractivity contribution in [3.63, 3.8) is 0 Å². The zero-order chi connectivity index (χ0) is 17.5. The van der Waals surface area contributed by atoms with E-state index in [0.717, 1.165) is 19.5 Å². The van der Waals surface area contributed by atoms with E-state index >= 15 is 0 Å². The SMILES string of the molecule is O=C(c1cc(-c2ccco2)on1)N1CCN2CCc3ccccc3C2C1. The summed E-state index contributed by atoms with van der Waals surface area (Å²) in [4.78, 5) is 17.3. The molecule has 1 amide bonds. The van der Waals surface area contributed by atoms with Crippen LogP contribution in [0.4, 0.5) is 0 Å². The van der Waals surface area contributed by atoms with Crippen molar-refractivity contribution in [2.24, 2.45) is 0 Å². The molecule has 1 saturated heterocycles. The number of amides is 1. The Labute approximate surface area is 151 Å². The van der Waals surface area contributed by atoms with E-state index in [1.807, 2.05) is 4.90 Å². The molecule has 3 aromatic rings. The molecule has 0 spiro atoms. The van der Waals surface area contributed by atoms with Gasteiger partial charge in [-0.25, -0.2) is 0 Å². The van der Waals surface area contributed by atoms with E-state index in [1.54, 1.807) is 24.5 Å². The van der Waals surface area contributed by atoms with Crippen LogP contribution in [0.25, 0.3) is 11.5 Å². The van der Waals surface area contributed by atoms with Crippen LogP contribution in [-0.2, 0) is 6.42 Å². The minimum atomic E-state index is -0.0886. The van der Waals surface area contributed by atoms with Gasteiger partial charge in [-0.2, -0.15) is 0 Å². The molecule has 0 saturated carbocycles. The van der Waals surface area contributed by atoms with Gasteiger partial charge in [0.1, 0.15) is 0 Å². The van der Waals surface area contributed by atoms with Crippen LogP contribution in [0, 0.1) is 0 Å². The van der Waals surface area contributed by atoms with Crippen molar-refractivity contribution in [1.82, 2.24) is 15.0 Å². The number of fused-ring (bicyclic) bond motifs is 3. The molecule has 2 aromatic heterocycles. The summed E-state index contributed by atoms with van der Waals surface area (Å²) >= 11 is 0. The molecule has 0 radical (unpaired) electrons. The smallest absolute Gasteiger partial charge is 0.276 e. The van der Waals surface area contributed by atoms with Gasteiger partial charge in [0.2, 0.25) is 5.76 Å². The third kappa shape index (κ3) is 2.54. The van der Waals surface area contributed by atoms with Crippen molar-refractivity contribution in [2.75, 3.05) is 26.2 Å². The summed E-state index contributed by atoms with van der Waals surface area (Å²) in [7, 11) is 0. The van der Waals surface area contributed by atoms with E-state index in [-0.39, 0.29) is 11.9 Å². The van der Waals surface area contributed by atoms with Crippen molar-refractivity contribution in [3.05, 3.63) is 65.5 Å². The van der Waals surface area contributed by atoms with Gasteiger partial charge >= 0.3 is 0 Å². The topological polar surface area (TPSA) is 62.7 Å². The molecule has 6 nitrogen and oxygen atoms in total. The molecular weight excluding hydrogens is 330 g/mol. The summed E-state index contributed by atoms with van der Waals surface area (Å²) in [5.74, 6) is 0.955. The highest BCUT2D eigenvalue weighted by molar-refractivity contribution is 5.93. The van der Waals surface area contributed by atoms with Gasteiger partial charge in [-0.1, -0.05) is 29.4 Å². The van der Waals surface area contributed by atoms with Gasteiger partial charge in [-0.15, -0.1) is 0 Å². The average Bonchev–Trinajstić information content (AvgIpc) is 3.38. The van der Waals surface area contributed by atoms with Crippen LogP contribution in [0.5, 0.6) is 0 Å². The van der Waals surface area contributed by atoms with Gasteiger partial charge in [0.25, 0.3) is 5.91 Å². The van der Waals surface area contributed by atoms with Crippen LogP contribution < -0.4 is 0 Å². The molecule has 1 atom stereocenters. The molecule has 2 aliphatic heterocycles. The summed E-state index contributed by atoms with van der Waals surface area (Å²) in [6.45, 7) is 3.32. The van der Waals surface area contributed by atoms with Crippen LogP contribution in [-0.4, -0.2) is 47.0 Å². The Hall–Kier alpha value is -2.86. The monoisotopic (exact) mass is 349 g/mol. The molecule has 132 valence electrons.